The largest absolute Gasteiger partial charge is 0.469 e. The summed E-state index contributed by atoms with van der Waals surface area (Å²) in [5.74, 6) is -0.562. The van der Waals surface area contributed by atoms with Crippen molar-refractivity contribution in [2.45, 2.75) is 25.3 Å². The van der Waals surface area contributed by atoms with Gasteiger partial charge >= 0.3 is 5.97 Å². The molecule has 5 nitrogen and oxygen atoms in total. The first-order valence-corrected chi connectivity index (χ1v) is 6.81. The second-order valence-electron chi connectivity index (χ2n) is 4.97. The van der Waals surface area contributed by atoms with Crippen molar-refractivity contribution in [2.24, 2.45) is 5.73 Å². The summed E-state index contributed by atoms with van der Waals surface area (Å²) in [6, 6.07) is 7.50. The molecule has 2 N–H and O–H groups in total. The highest BCUT2D eigenvalue weighted by Crippen LogP contribution is 2.29. The number of ether oxygens (including phenoxy) is 1. The maximum atomic E-state index is 11.8. The summed E-state index contributed by atoms with van der Waals surface area (Å²) in [5, 5.41) is 0. The maximum absolute atomic E-state index is 11.8. The molecule has 0 bridgehead atoms. The Bertz CT molecular complexity index is 502. The van der Waals surface area contributed by atoms with Crippen LogP contribution in [0.1, 0.15) is 30.0 Å². The molecule has 0 aromatic heterocycles. The number of nitrogens with two attached hydrogens (primary N) is 1. The Balaban J connectivity index is 2.07. The molecule has 1 heterocycles. The Kier molecular flexibility index (Phi) is 4.74. The molecule has 1 aliphatic heterocycles. The van der Waals surface area contributed by atoms with Crippen LogP contribution >= 0.6 is 0 Å². The van der Waals surface area contributed by atoms with Gasteiger partial charge in [-0.1, -0.05) is 24.3 Å². The molecule has 0 radical (unpaired) electrons. The highest BCUT2D eigenvalue weighted by Gasteiger charge is 2.30. The number of primary amides is 1. The van der Waals surface area contributed by atoms with Gasteiger partial charge in [0.05, 0.1) is 7.11 Å². The van der Waals surface area contributed by atoms with Crippen molar-refractivity contribution in [3.05, 3.63) is 35.4 Å². The average molecular weight is 276 g/mol. The second-order valence-corrected chi connectivity index (χ2v) is 4.97. The molecule has 1 amide bonds. The molecule has 0 saturated heterocycles. The van der Waals surface area contributed by atoms with Gasteiger partial charge in [-0.15, -0.1) is 0 Å². The molecule has 0 spiro atoms. The number of nitrogens with zero attached hydrogens (tertiary/aromatic N) is 1. The van der Waals surface area contributed by atoms with Gasteiger partial charge in [-0.25, -0.2) is 0 Å². The van der Waals surface area contributed by atoms with E-state index in [4.69, 9.17) is 5.73 Å². The van der Waals surface area contributed by atoms with Crippen LogP contribution in [0.5, 0.6) is 0 Å². The minimum absolute atomic E-state index is 0.224. The van der Waals surface area contributed by atoms with E-state index in [0.717, 1.165) is 18.5 Å². The van der Waals surface area contributed by atoms with E-state index in [-0.39, 0.29) is 11.9 Å². The number of fused-ring (bicyclic) bond motifs is 1. The number of methoxy groups -OCH3 is 1. The first kappa shape index (κ1) is 14.5. The number of esters is 1. The monoisotopic (exact) mass is 276 g/mol. The van der Waals surface area contributed by atoms with E-state index in [2.05, 4.69) is 4.74 Å². The summed E-state index contributed by atoms with van der Waals surface area (Å²) in [6.45, 7) is 1.45. The lowest BCUT2D eigenvalue weighted by molar-refractivity contribution is -0.140. The molecule has 1 unspecified atom stereocenters. The Labute approximate surface area is 118 Å². The zero-order valence-corrected chi connectivity index (χ0v) is 11.7. The Morgan fingerprint density at radius 1 is 1.40 bits per heavy atom. The van der Waals surface area contributed by atoms with Crippen molar-refractivity contribution in [2.75, 3.05) is 20.2 Å². The number of carbonyl (C=O) groups is 2. The summed E-state index contributed by atoms with van der Waals surface area (Å²) in [6.07, 6.45) is 1.93. The number of hydrogen-bond acceptors (Lipinski definition) is 4. The van der Waals surface area contributed by atoms with Crippen molar-refractivity contribution in [1.29, 1.82) is 0 Å². The third-order valence-electron chi connectivity index (χ3n) is 3.71. The Hall–Kier alpha value is -1.88. The van der Waals surface area contributed by atoms with Crippen molar-refractivity contribution in [3.8, 4) is 0 Å². The first-order chi connectivity index (χ1) is 9.63. The molecule has 1 aromatic rings. The van der Waals surface area contributed by atoms with Gasteiger partial charge < -0.3 is 10.5 Å². The highest BCUT2D eigenvalue weighted by molar-refractivity contribution is 5.82. The van der Waals surface area contributed by atoms with Crippen LogP contribution in [0.4, 0.5) is 0 Å². The van der Waals surface area contributed by atoms with Crippen LogP contribution < -0.4 is 5.73 Å². The Morgan fingerprint density at radius 2 is 2.15 bits per heavy atom. The van der Waals surface area contributed by atoms with Gasteiger partial charge in [0.15, 0.2) is 0 Å². The number of hydrogen-bond donors (Lipinski definition) is 1. The van der Waals surface area contributed by atoms with E-state index in [9.17, 15) is 9.59 Å². The van der Waals surface area contributed by atoms with Gasteiger partial charge in [-0.05, 0) is 30.5 Å². The highest BCUT2D eigenvalue weighted by atomic mass is 16.5. The van der Waals surface area contributed by atoms with Crippen LogP contribution in [-0.2, 0) is 20.7 Å². The smallest absolute Gasteiger partial charge is 0.305 e. The van der Waals surface area contributed by atoms with Gasteiger partial charge in [-0.3, -0.25) is 14.5 Å². The van der Waals surface area contributed by atoms with E-state index in [1.807, 2.05) is 29.2 Å². The van der Waals surface area contributed by atoms with E-state index in [1.54, 1.807) is 0 Å². The Morgan fingerprint density at radius 3 is 2.85 bits per heavy atom. The standard InChI is InChI=1S/C15H20N2O3/c1-20-13(18)7-4-9-17-10-8-11-5-2-3-6-12(11)14(17)15(16)19/h2-3,5-6,14H,4,7-10H2,1H3,(H2,16,19). The fraction of sp³-hybridized carbons (Fsp3) is 0.467. The average Bonchev–Trinajstić information content (AvgIpc) is 2.46. The van der Waals surface area contributed by atoms with Gasteiger partial charge in [0.1, 0.15) is 6.04 Å². The number of rotatable bonds is 5. The number of carbonyl (C=O) groups excluding carboxylic acids is 2. The zero-order valence-electron chi connectivity index (χ0n) is 11.7. The van der Waals surface area contributed by atoms with Crippen LogP contribution in [-0.4, -0.2) is 37.0 Å². The SMILES string of the molecule is COC(=O)CCCN1CCc2ccccc2C1C(N)=O. The minimum atomic E-state index is -0.391. The lowest BCUT2D eigenvalue weighted by Crippen LogP contribution is -2.43. The predicted molar refractivity (Wildman–Crippen MR) is 74.9 cm³/mol. The number of benzene rings is 1. The third kappa shape index (κ3) is 3.17. The topological polar surface area (TPSA) is 72.6 Å². The summed E-state index contributed by atoms with van der Waals surface area (Å²) >= 11 is 0. The van der Waals surface area contributed by atoms with Crippen molar-refractivity contribution in [1.82, 2.24) is 4.90 Å². The molecular weight excluding hydrogens is 256 g/mol. The van der Waals surface area contributed by atoms with Crippen LogP contribution in [0.2, 0.25) is 0 Å². The van der Waals surface area contributed by atoms with Gasteiger partial charge in [0.25, 0.3) is 0 Å². The maximum Gasteiger partial charge on any atom is 0.305 e. The van der Waals surface area contributed by atoms with Crippen LogP contribution in [0, 0.1) is 0 Å². The molecule has 0 aliphatic carbocycles. The summed E-state index contributed by atoms with van der Waals surface area (Å²) < 4.78 is 4.62. The first-order valence-electron chi connectivity index (χ1n) is 6.81. The van der Waals surface area contributed by atoms with Gasteiger partial charge in [-0.2, -0.15) is 0 Å². The van der Waals surface area contributed by atoms with Crippen LogP contribution in [0.3, 0.4) is 0 Å². The van der Waals surface area contributed by atoms with Crippen molar-refractivity contribution < 1.29 is 14.3 Å². The predicted octanol–water partition coefficient (Wildman–Crippen LogP) is 1.02. The number of amides is 1. The van der Waals surface area contributed by atoms with Gasteiger partial charge in [0.2, 0.25) is 5.91 Å². The quantitative estimate of drug-likeness (QED) is 0.815. The van der Waals surface area contributed by atoms with Crippen LogP contribution in [0.25, 0.3) is 0 Å². The summed E-state index contributed by atoms with van der Waals surface area (Å²) in [4.78, 5) is 25.0. The molecule has 5 heteroatoms. The third-order valence-corrected chi connectivity index (χ3v) is 3.71. The fourth-order valence-corrected chi connectivity index (χ4v) is 2.72. The van der Waals surface area contributed by atoms with E-state index in [0.29, 0.717) is 19.4 Å². The summed E-state index contributed by atoms with van der Waals surface area (Å²) in [7, 11) is 1.38. The molecule has 1 atom stereocenters. The lowest BCUT2D eigenvalue weighted by atomic mass is 9.92. The van der Waals surface area contributed by atoms with E-state index in [1.165, 1.54) is 12.7 Å². The molecule has 1 aromatic carbocycles. The lowest BCUT2D eigenvalue weighted by Gasteiger charge is -2.35. The molecule has 1 aliphatic rings. The molecule has 108 valence electrons. The van der Waals surface area contributed by atoms with Crippen molar-refractivity contribution >= 4 is 11.9 Å². The molecule has 20 heavy (non-hydrogen) atoms. The minimum Gasteiger partial charge on any atom is -0.469 e. The van der Waals surface area contributed by atoms with Gasteiger partial charge in [0, 0.05) is 13.0 Å². The zero-order chi connectivity index (χ0) is 14.5. The van der Waals surface area contributed by atoms with E-state index >= 15 is 0 Å². The molecule has 0 fully saturated rings. The second kappa shape index (κ2) is 6.52. The summed E-state index contributed by atoms with van der Waals surface area (Å²) in [5.41, 5.74) is 7.73. The van der Waals surface area contributed by atoms with Crippen LogP contribution in [0.15, 0.2) is 24.3 Å². The molecular formula is C15H20N2O3. The van der Waals surface area contributed by atoms with Crippen molar-refractivity contribution in [3.63, 3.8) is 0 Å². The van der Waals surface area contributed by atoms with E-state index < -0.39 is 6.04 Å². The normalized spacial score (nSPS) is 18.4. The molecule has 2 rings (SSSR count). The molecule has 0 saturated carbocycles. The fourth-order valence-electron chi connectivity index (χ4n) is 2.72.